The Kier molecular flexibility index (Phi) is 5.56. The number of benzene rings is 2. The number of ketones is 1. The number of hydrogen-bond acceptors (Lipinski definition) is 5. The van der Waals surface area contributed by atoms with E-state index in [1.807, 2.05) is 13.8 Å². The maximum atomic E-state index is 14.0. The molecule has 144 valence electrons. The van der Waals surface area contributed by atoms with E-state index in [1.165, 1.54) is 12.3 Å². The average molecular weight is 401 g/mol. The average Bonchev–Trinajstić information content (AvgIpc) is 3.15. The number of halogens is 2. The minimum atomic E-state index is -1.28. The lowest BCUT2D eigenvalue weighted by Crippen LogP contribution is -2.07. The molecule has 3 aromatic rings. The van der Waals surface area contributed by atoms with Gasteiger partial charge in [-0.05, 0) is 61.9 Å². The van der Waals surface area contributed by atoms with Gasteiger partial charge in [-0.3, -0.25) is 4.79 Å². The van der Waals surface area contributed by atoms with Gasteiger partial charge in [-0.2, -0.15) is 0 Å². The molecule has 0 bridgehead atoms. The van der Waals surface area contributed by atoms with Crippen LogP contribution in [0.4, 0.5) is 8.78 Å². The largest absolute Gasteiger partial charge is 0.505 e. The van der Waals surface area contributed by atoms with Crippen LogP contribution in [0, 0.1) is 17.0 Å². The Morgan fingerprint density at radius 3 is 2.61 bits per heavy atom. The summed E-state index contributed by atoms with van der Waals surface area (Å²) in [4.78, 5) is 13.4. The number of nitrogens with one attached hydrogen (secondary N) is 1. The van der Waals surface area contributed by atoms with Crippen molar-refractivity contribution < 1.29 is 23.4 Å². The van der Waals surface area contributed by atoms with E-state index in [1.54, 1.807) is 24.3 Å². The van der Waals surface area contributed by atoms with Gasteiger partial charge in [-0.25, -0.2) is 8.78 Å². The van der Waals surface area contributed by atoms with Crippen LogP contribution in [-0.2, 0) is 0 Å². The zero-order valence-electron chi connectivity index (χ0n) is 15.1. The Bertz CT molecular complexity index is 1060. The summed E-state index contributed by atoms with van der Waals surface area (Å²) >= 11 is 1.07. The monoisotopic (exact) mass is 401 g/mol. The molecule has 2 aromatic carbocycles. The first kappa shape index (κ1) is 19.7. The number of carbonyl (C=O) groups is 1. The van der Waals surface area contributed by atoms with Crippen LogP contribution in [0.1, 0.15) is 34.6 Å². The lowest BCUT2D eigenvalue weighted by Gasteiger charge is -2.13. The molecule has 0 aliphatic heterocycles. The smallest absolute Gasteiger partial charge is 0.209 e. The van der Waals surface area contributed by atoms with Gasteiger partial charge in [-0.1, -0.05) is 0 Å². The van der Waals surface area contributed by atoms with E-state index in [0.717, 1.165) is 29.0 Å². The number of thiophene rings is 1. The van der Waals surface area contributed by atoms with Crippen molar-refractivity contribution in [3.8, 4) is 21.9 Å². The fourth-order valence-corrected chi connectivity index (χ4v) is 3.61. The van der Waals surface area contributed by atoms with Gasteiger partial charge in [0.1, 0.15) is 11.6 Å². The zero-order valence-corrected chi connectivity index (χ0v) is 15.9. The highest BCUT2D eigenvalue weighted by molar-refractivity contribution is 7.17. The topological polar surface area (TPSA) is 70.4 Å². The molecule has 0 saturated heterocycles. The Morgan fingerprint density at radius 1 is 1.18 bits per heavy atom. The van der Waals surface area contributed by atoms with E-state index < -0.39 is 28.7 Å². The Balaban J connectivity index is 1.96. The van der Waals surface area contributed by atoms with Crippen molar-refractivity contribution in [3.05, 3.63) is 70.1 Å². The minimum absolute atomic E-state index is 0.0393. The van der Waals surface area contributed by atoms with Crippen molar-refractivity contribution >= 4 is 23.3 Å². The fourth-order valence-electron chi connectivity index (χ4n) is 2.66. The molecule has 0 amide bonds. The first-order valence-corrected chi connectivity index (χ1v) is 9.26. The molecular formula is C21H17F2NO3S. The predicted molar refractivity (Wildman–Crippen MR) is 105 cm³/mol. The summed E-state index contributed by atoms with van der Waals surface area (Å²) in [6, 6.07) is 10.1. The highest BCUT2D eigenvalue weighted by Crippen LogP contribution is 2.33. The second kappa shape index (κ2) is 7.90. The third kappa shape index (κ3) is 3.80. The number of ether oxygens (including phenoxy) is 1. The fraction of sp³-hybridized carbons (Fsp3) is 0.143. The summed E-state index contributed by atoms with van der Waals surface area (Å²) < 4.78 is 33.6. The molecule has 0 aliphatic carbocycles. The van der Waals surface area contributed by atoms with Crippen LogP contribution in [0.2, 0.25) is 0 Å². The summed E-state index contributed by atoms with van der Waals surface area (Å²) in [6.45, 7) is 3.77. The van der Waals surface area contributed by atoms with E-state index in [0.29, 0.717) is 16.2 Å². The second-order valence-electron chi connectivity index (χ2n) is 6.31. The van der Waals surface area contributed by atoms with Gasteiger partial charge in [0, 0.05) is 16.7 Å². The number of rotatable bonds is 6. The van der Waals surface area contributed by atoms with E-state index in [2.05, 4.69) is 0 Å². The molecule has 3 rings (SSSR count). The van der Waals surface area contributed by atoms with Gasteiger partial charge in [0.05, 0.1) is 16.5 Å². The normalized spacial score (nSPS) is 10.9. The molecule has 0 saturated carbocycles. The SMILES string of the molecule is CC(C)Oc1ccc(-c2ccc(C(=O)c3c(F)ccc(O)c3F)s2)cc1C=N. The first-order valence-electron chi connectivity index (χ1n) is 8.45. The van der Waals surface area contributed by atoms with Gasteiger partial charge < -0.3 is 15.3 Å². The number of phenols is 1. The number of aromatic hydroxyl groups is 1. The third-order valence-corrected chi connectivity index (χ3v) is 5.07. The minimum Gasteiger partial charge on any atom is -0.505 e. The quantitative estimate of drug-likeness (QED) is 0.428. The summed E-state index contributed by atoms with van der Waals surface area (Å²) in [7, 11) is 0. The molecule has 7 heteroatoms. The van der Waals surface area contributed by atoms with Crippen LogP contribution in [0.25, 0.3) is 10.4 Å². The van der Waals surface area contributed by atoms with Gasteiger partial charge in [0.2, 0.25) is 5.78 Å². The third-order valence-electron chi connectivity index (χ3n) is 3.94. The van der Waals surface area contributed by atoms with E-state index in [9.17, 15) is 18.7 Å². The van der Waals surface area contributed by atoms with Gasteiger partial charge >= 0.3 is 0 Å². The number of hydrogen-bond donors (Lipinski definition) is 2. The Morgan fingerprint density at radius 2 is 1.93 bits per heavy atom. The summed E-state index contributed by atoms with van der Waals surface area (Å²) in [5.74, 6) is -3.35. The van der Waals surface area contributed by atoms with Crippen molar-refractivity contribution in [2.45, 2.75) is 20.0 Å². The molecule has 0 aliphatic rings. The molecule has 0 fully saturated rings. The van der Waals surface area contributed by atoms with Crippen molar-refractivity contribution in [1.29, 1.82) is 5.41 Å². The van der Waals surface area contributed by atoms with E-state index in [4.69, 9.17) is 10.1 Å². The van der Waals surface area contributed by atoms with E-state index >= 15 is 0 Å². The highest BCUT2D eigenvalue weighted by Gasteiger charge is 2.23. The second-order valence-corrected chi connectivity index (χ2v) is 7.40. The van der Waals surface area contributed by atoms with Crippen LogP contribution >= 0.6 is 11.3 Å². The highest BCUT2D eigenvalue weighted by atomic mass is 32.1. The molecule has 0 atom stereocenters. The lowest BCUT2D eigenvalue weighted by atomic mass is 10.1. The van der Waals surface area contributed by atoms with Gasteiger partial charge in [-0.15, -0.1) is 11.3 Å². The maximum Gasteiger partial charge on any atom is 0.209 e. The Hall–Kier alpha value is -3.06. The molecule has 28 heavy (non-hydrogen) atoms. The Labute approximate surface area is 164 Å². The molecule has 0 unspecified atom stereocenters. The molecule has 1 heterocycles. The first-order chi connectivity index (χ1) is 13.3. The number of phenolic OH excluding ortho intramolecular Hbond substituents is 1. The standard InChI is InChI=1S/C21H17F2NO3S/c1-11(2)27-16-6-3-12(9-13(16)10-24)17-7-8-18(28-17)21(26)19-14(22)4-5-15(25)20(19)23/h3-11,24-25H,1-2H3. The van der Waals surface area contributed by atoms with Crippen LogP contribution in [-0.4, -0.2) is 23.2 Å². The summed E-state index contributed by atoms with van der Waals surface area (Å²) in [5.41, 5.74) is 0.544. The van der Waals surface area contributed by atoms with Crippen molar-refractivity contribution in [2.24, 2.45) is 0 Å². The van der Waals surface area contributed by atoms with Crippen molar-refractivity contribution in [1.82, 2.24) is 0 Å². The summed E-state index contributed by atoms with van der Waals surface area (Å²) in [5, 5.41) is 17.0. The number of carbonyl (C=O) groups excluding carboxylic acids is 1. The van der Waals surface area contributed by atoms with Crippen molar-refractivity contribution in [3.63, 3.8) is 0 Å². The van der Waals surface area contributed by atoms with Crippen molar-refractivity contribution in [2.75, 3.05) is 0 Å². The zero-order chi connectivity index (χ0) is 20.4. The summed E-state index contributed by atoms with van der Waals surface area (Å²) in [6.07, 6.45) is 1.14. The van der Waals surface area contributed by atoms with E-state index in [-0.39, 0.29) is 11.0 Å². The molecular weight excluding hydrogens is 384 g/mol. The van der Waals surface area contributed by atoms with Crippen LogP contribution in [0.3, 0.4) is 0 Å². The van der Waals surface area contributed by atoms with Crippen LogP contribution < -0.4 is 4.74 Å². The lowest BCUT2D eigenvalue weighted by molar-refractivity contribution is 0.103. The van der Waals surface area contributed by atoms with Crippen LogP contribution in [0.15, 0.2) is 42.5 Å². The maximum absolute atomic E-state index is 14.0. The molecule has 0 radical (unpaired) electrons. The molecule has 2 N–H and O–H groups in total. The molecule has 0 spiro atoms. The predicted octanol–water partition coefficient (Wildman–Crippen LogP) is 5.41. The molecule has 1 aromatic heterocycles. The van der Waals surface area contributed by atoms with Crippen LogP contribution in [0.5, 0.6) is 11.5 Å². The van der Waals surface area contributed by atoms with Gasteiger partial charge in [0.15, 0.2) is 11.6 Å². The molecule has 4 nitrogen and oxygen atoms in total. The van der Waals surface area contributed by atoms with Gasteiger partial charge in [0.25, 0.3) is 0 Å².